The van der Waals surface area contributed by atoms with E-state index in [0.29, 0.717) is 5.92 Å². The summed E-state index contributed by atoms with van der Waals surface area (Å²) in [6, 6.07) is 8.06. The third kappa shape index (κ3) is 4.74. The fourth-order valence-corrected chi connectivity index (χ4v) is 2.33. The van der Waals surface area contributed by atoms with Crippen LogP contribution in [0.4, 0.5) is 0 Å². The Balaban J connectivity index is 2.89. The largest absolute Gasteiger partial charge is 0.491 e. The number of hydrogen-bond acceptors (Lipinski definition) is 4. The fourth-order valence-electron chi connectivity index (χ4n) is 2.33. The van der Waals surface area contributed by atoms with Gasteiger partial charge in [0.25, 0.3) is 0 Å². The molecule has 0 amide bonds. The van der Waals surface area contributed by atoms with Gasteiger partial charge in [-0.3, -0.25) is 5.32 Å². The first-order chi connectivity index (χ1) is 9.80. The van der Waals surface area contributed by atoms with Crippen molar-refractivity contribution in [3.63, 3.8) is 0 Å². The van der Waals surface area contributed by atoms with E-state index in [1.165, 1.54) is 7.11 Å². The van der Waals surface area contributed by atoms with E-state index in [2.05, 4.69) is 19.2 Å². The van der Waals surface area contributed by atoms with Gasteiger partial charge in [0.1, 0.15) is 17.9 Å². The predicted molar refractivity (Wildman–Crippen MR) is 84.7 cm³/mol. The van der Waals surface area contributed by atoms with Crippen LogP contribution in [-0.4, -0.2) is 31.3 Å². The topological polar surface area (TPSA) is 47.6 Å². The van der Waals surface area contributed by atoms with Crippen LogP contribution in [0.15, 0.2) is 24.3 Å². The molecule has 0 saturated carbocycles. The molecule has 0 radical (unpaired) electrons. The van der Waals surface area contributed by atoms with Gasteiger partial charge in [-0.1, -0.05) is 32.0 Å². The van der Waals surface area contributed by atoms with Crippen LogP contribution in [0, 0.1) is 0 Å². The van der Waals surface area contributed by atoms with Crippen LogP contribution in [0.3, 0.4) is 0 Å². The first-order valence-corrected chi connectivity index (χ1v) is 7.38. The Bertz CT molecular complexity index is 471. The van der Waals surface area contributed by atoms with E-state index in [9.17, 15) is 4.79 Å². The van der Waals surface area contributed by atoms with Crippen molar-refractivity contribution in [3.8, 4) is 5.75 Å². The number of hydrogen-bond donors (Lipinski definition) is 1. The molecule has 0 fully saturated rings. The number of rotatable bonds is 7. The maximum Gasteiger partial charge on any atom is 0.329 e. The molecule has 1 atom stereocenters. The lowest BCUT2D eigenvalue weighted by Crippen LogP contribution is -2.56. The summed E-state index contributed by atoms with van der Waals surface area (Å²) < 4.78 is 10.8. The highest BCUT2D eigenvalue weighted by molar-refractivity contribution is 5.80. The highest BCUT2D eigenvalue weighted by atomic mass is 16.5. The van der Waals surface area contributed by atoms with Crippen LogP contribution in [0.25, 0.3) is 0 Å². The smallest absolute Gasteiger partial charge is 0.329 e. The van der Waals surface area contributed by atoms with Crippen molar-refractivity contribution in [1.82, 2.24) is 5.32 Å². The van der Waals surface area contributed by atoms with Crippen LogP contribution < -0.4 is 10.1 Å². The first kappa shape index (κ1) is 17.5. The summed E-state index contributed by atoms with van der Waals surface area (Å²) in [6.07, 6.45) is 0. The Morgan fingerprint density at radius 1 is 1.24 bits per heavy atom. The number of nitrogens with one attached hydrogen (secondary N) is 1. The minimum Gasteiger partial charge on any atom is -0.491 e. The standard InChI is InChI=1S/C17H27NO3/c1-12(2)14-9-7-8-10-15(14)21-11-17(5,16(19)20-6)18-13(3)4/h7-10,12-13,18H,11H2,1-6H3. The lowest BCUT2D eigenvalue weighted by Gasteiger charge is -2.30. The van der Waals surface area contributed by atoms with Gasteiger partial charge in [-0.05, 0) is 38.3 Å². The van der Waals surface area contributed by atoms with E-state index in [1.807, 2.05) is 38.1 Å². The van der Waals surface area contributed by atoms with Crippen molar-refractivity contribution in [2.24, 2.45) is 0 Å². The quantitative estimate of drug-likeness (QED) is 0.785. The summed E-state index contributed by atoms with van der Waals surface area (Å²) in [7, 11) is 1.39. The number of ether oxygens (including phenoxy) is 2. The Hall–Kier alpha value is -1.55. The van der Waals surface area contributed by atoms with Crippen molar-refractivity contribution in [2.75, 3.05) is 13.7 Å². The van der Waals surface area contributed by atoms with E-state index >= 15 is 0 Å². The third-order valence-electron chi connectivity index (χ3n) is 3.30. The molecule has 0 heterocycles. The highest BCUT2D eigenvalue weighted by Crippen LogP contribution is 2.26. The zero-order valence-corrected chi connectivity index (χ0v) is 13.9. The number of carbonyl (C=O) groups is 1. The molecule has 0 aliphatic rings. The lowest BCUT2D eigenvalue weighted by molar-refractivity contribution is -0.149. The molecule has 118 valence electrons. The number of carbonyl (C=O) groups excluding carboxylic acids is 1. The molecule has 4 heteroatoms. The highest BCUT2D eigenvalue weighted by Gasteiger charge is 2.36. The van der Waals surface area contributed by atoms with Crippen molar-refractivity contribution in [1.29, 1.82) is 0 Å². The van der Waals surface area contributed by atoms with E-state index in [1.54, 1.807) is 6.92 Å². The summed E-state index contributed by atoms with van der Waals surface area (Å²) in [5.74, 6) is 0.857. The minimum atomic E-state index is -0.868. The Kier molecular flexibility index (Phi) is 6.21. The summed E-state index contributed by atoms with van der Waals surface area (Å²) in [5.41, 5.74) is 0.266. The third-order valence-corrected chi connectivity index (χ3v) is 3.30. The molecule has 0 saturated heterocycles. The van der Waals surface area contributed by atoms with Gasteiger partial charge in [-0.25, -0.2) is 4.79 Å². The van der Waals surface area contributed by atoms with Gasteiger partial charge in [0, 0.05) is 6.04 Å². The Morgan fingerprint density at radius 3 is 2.38 bits per heavy atom. The van der Waals surface area contributed by atoms with Gasteiger partial charge in [0.2, 0.25) is 0 Å². The molecule has 4 nitrogen and oxygen atoms in total. The van der Waals surface area contributed by atoms with E-state index in [0.717, 1.165) is 11.3 Å². The average Bonchev–Trinajstić information content (AvgIpc) is 2.43. The van der Waals surface area contributed by atoms with Gasteiger partial charge in [0.05, 0.1) is 7.11 Å². The lowest BCUT2D eigenvalue weighted by atomic mass is 10.0. The van der Waals surface area contributed by atoms with Crippen LogP contribution >= 0.6 is 0 Å². The Morgan fingerprint density at radius 2 is 1.86 bits per heavy atom. The molecular weight excluding hydrogens is 266 g/mol. The van der Waals surface area contributed by atoms with Crippen LogP contribution in [-0.2, 0) is 9.53 Å². The molecule has 0 aliphatic heterocycles. The Labute approximate surface area is 127 Å². The van der Waals surface area contributed by atoms with Gasteiger partial charge in [-0.2, -0.15) is 0 Å². The molecule has 1 aromatic rings. The molecule has 0 aromatic heterocycles. The predicted octanol–water partition coefficient (Wildman–Crippen LogP) is 3.12. The summed E-state index contributed by atoms with van der Waals surface area (Å²) in [5, 5.41) is 3.23. The average molecular weight is 293 g/mol. The first-order valence-electron chi connectivity index (χ1n) is 7.38. The van der Waals surface area contributed by atoms with Gasteiger partial charge in [0.15, 0.2) is 0 Å². The second-order valence-electron chi connectivity index (χ2n) is 6.10. The van der Waals surface area contributed by atoms with Crippen molar-refractivity contribution in [2.45, 2.75) is 52.1 Å². The van der Waals surface area contributed by atoms with Gasteiger partial charge < -0.3 is 9.47 Å². The molecule has 21 heavy (non-hydrogen) atoms. The monoisotopic (exact) mass is 293 g/mol. The molecule has 0 bridgehead atoms. The maximum absolute atomic E-state index is 12.0. The normalized spacial score (nSPS) is 14.1. The number of methoxy groups -OCH3 is 1. The zero-order valence-electron chi connectivity index (χ0n) is 13.9. The van der Waals surface area contributed by atoms with E-state index in [-0.39, 0.29) is 18.6 Å². The summed E-state index contributed by atoms with van der Waals surface area (Å²) in [4.78, 5) is 12.0. The summed E-state index contributed by atoms with van der Waals surface area (Å²) in [6.45, 7) is 10.2. The second-order valence-corrected chi connectivity index (χ2v) is 6.10. The molecular formula is C17H27NO3. The summed E-state index contributed by atoms with van der Waals surface area (Å²) >= 11 is 0. The van der Waals surface area contributed by atoms with Crippen LogP contribution in [0.5, 0.6) is 5.75 Å². The van der Waals surface area contributed by atoms with Crippen molar-refractivity contribution in [3.05, 3.63) is 29.8 Å². The van der Waals surface area contributed by atoms with Crippen LogP contribution in [0.2, 0.25) is 0 Å². The molecule has 1 N–H and O–H groups in total. The zero-order chi connectivity index (χ0) is 16.0. The van der Waals surface area contributed by atoms with Crippen molar-refractivity contribution >= 4 is 5.97 Å². The fraction of sp³-hybridized carbons (Fsp3) is 0.588. The van der Waals surface area contributed by atoms with Crippen molar-refractivity contribution < 1.29 is 14.3 Å². The maximum atomic E-state index is 12.0. The number of para-hydroxylation sites is 1. The minimum absolute atomic E-state index is 0.151. The van der Waals surface area contributed by atoms with Gasteiger partial charge in [-0.15, -0.1) is 0 Å². The van der Waals surface area contributed by atoms with Gasteiger partial charge >= 0.3 is 5.97 Å². The van der Waals surface area contributed by atoms with E-state index in [4.69, 9.17) is 9.47 Å². The second kappa shape index (κ2) is 7.46. The van der Waals surface area contributed by atoms with E-state index < -0.39 is 5.54 Å². The number of esters is 1. The molecule has 0 spiro atoms. The SMILES string of the molecule is COC(=O)C(C)(COc1ccccc1C(C)C)NC(C)C. The number of benzene rings is 1. The molecule has 1 aromatic carbocycles. The molecule has 0 aliphatic carbocycles. The molecule has 1 rings (SSSR count). The van der Waals surface area contributed by atoms with Crippen LogP contribution in [0.1, 0.15) is 46.1 Å². The molecule has 1 unspecified atom stereocenters.